The largest absolute Gasteiger partial charge is 0.179 e. The summed E-state index contributed by atoms with van der Waals surface area (Å²) in [6.07, 6.45) is 7.15. The van der Waals surface area contributed by atoms with Crippen LogP contribution in [0.5, 0.6) is 0 Å². The van der Waals surface area contributed by atoms with E-state index in [4.69, 9.17) is 0 Å². The molecule has 0 amide bonds. The fourth-order valence-corrected chi connectivity index (χ4v) is 4.15. The first-order chi connectivity index (χ1) is 6.68. The number of rotatable bonds is 5. The summed E-state index contributed by atoms with van der Waals surface area (Å²) in [5.41, 5.74) is 0.584. The molecule has 1 saturated carbocycles. The third kappa shape index (κ3) is 4.06. The Morgan fingerprint density at radius 2 is 1.86 bits per heavy atom. The Morgan fingerprint density at radius 1 is 1.21 bits per heavy atom. The van der Waals surface area contributed by atoms with Crippen molar-refractivity contribution >= 4 is 24.4 Å². The molecular formula is C12H24S2. The molecule has 0 radical (unpaired) electrons. The minimum Gasteiger partial charge on any atom is -0.179 e. The van der Waals surface area contributed by atoms with Crippen LogP contribution in [0.3, 0.4) is 0 Å². The van der Waals surface area contributed by atoms with Gasteiger partial charge in [0.25, 0.3) is 0 Å². The van der Waals surface area contributed by atoms with Gasteiger partial charge in [-0.25, -0.2) is 0 Å². The Kier molecular flexibility index (Phi) is 5.76. The molecule has 0 unspecified atom stereocenters. The summed E-state index contributed by atoms with van der Waals surface area (Å²) in [6.45, 7) is 4.61. The molecule has 0 N–H and O–H groups in total. The quantitative estimate of drug-likeness (QED) is 0.691. The van der Waals surface area contributed by atoms with Crippen LogP contribution in [0.4, 0.5) is 0 Å². The van der Waals surface area contributed by atoms with E-state index in [0.29, 0.717) is 5.41 Å². The highest BCUT2D eigenvalue weighted by Gasteiger charge is 2.30. The van der Waals surface area contributed by atoms with E-state index in [0.717, 1.165) is 11.7 Å². The molecule has 0 saturated heterocycles. The van der Waals surface area contributed by atoms with E-state index in [1.54, 1.807) is 0 Å². The topological polar surface area (TPSA) is 0 Å². The summed E-state index contributed by atoms with van der Waals surface area (Å²) >= 11 is 6.70. The van der Waals surface area contributed by atoms with Gasteiger partial charge in [0.1, 0.15) is 0 Å². The molecule has 1 aliphatic carbocycles. The molecule has 1 fully saturated rings. The second kappa shape index (κ2) is 6.32. The Labute approximate surface area is 99.0 Å². The highest BCUT2D eigenvalue weighted by Crippen LogP contribution is 2.40. The summed E-state index contributed by atoms with van der Waals surface area (Å²) in [6, 6.07) is 0. The molecule has 0 atom stereocenters. The Morgan fingerprint density at radius 3 is 2.36 bits per heavy atom. The van der Waals surface area contributed by atoms with Gasteiger partial charge in [0, 0.05) is 0 Å². The average Bonchev–Trinajstić information content (AvgIpc) is 2.19. The van der Waals surface area contributed by atoms with Crippen molar-refractivity contribution < 1.29 is 0 Å². The molecule has 14 heavy (non-hydrogen) atoms. The van der Waals surface area contributed by atoms with Crippen molar-refractivity contribution in [3.8, 4) is 0 Å². The number of thiol groups is 1. The van der Waals surface area contributed by atoms with Gasteiger partial charge in [-0.15, -0.1) is 0 Å². The fourth-order valence-electron chi connectivity index (χ4n) is 2.16. The van der Waals surface area contributed by atoms with Gasteiger partial charge < -0.3 is 0 Å². The Balaban J connectivity index is 2.29. The van der Waals surface area contributed by atoms with Crippen LogP contribution in [-0.4, -0.2) is 17.3 Å². The summed E-state index contributed by atoms with van der Waals surface area (Å²) in [4.78, 5) is 0. The van der Waals surface area contributed by atoms with Crippen molar-refractivity contribution in [2.24, 2.45) is 11.3 Å². The van der Waals surface area contributed by atoms with Crippen LogP contribution in [0.1, 0.15) is 46.0 Å². The summed E-state index contributed by atoms with van der Waals surface area (Å²) in [5, 5.41) is 0. The second-order valence-corrected chi connectivity index (χ2v) is 6.47. The molecule has 0 aromatic heterocycles. The molecule has 0 heterocycles. The molecular weight excluding hydrogens is 208 g/mol. The van der Waals surface area contributed by atoms with Gasteiger partial charge in [-0.3, -0.25) is 0 Å². The van der Waals surface area contributed by atoms with E-state index in [9.17, 15) is 0 Å². The summed E-state index contributed by atoms with van der Waals surface area (Å²) in [5.74, 6) is 4.59. The molecule has 0 aromatic rings. The lowest BCUT2D eigenvalue weighted by Crippen LogP contribution is -2.29. The highest BCUT2D eigenvalue weighted by molar-refractivity contribution is 7.99. The van der Waals surface area contributed by atoms with E-state index in [1.807, 2.05) is 0 Å². The van der Waals surface area contributed by atoms with Crippen molar-refractivity contribution in [2.75, 3.05) is 17.3 Å². The summed E-state index contributed by atoms with van der Waals surface area (Å²) < 4.78 is 0. The first-order valence-electron chi connectivity index (χ1n) is 5.87. The molecule has 84 valence electrons. The van der Waals surface area contributed by atoms with Crippen LogP contribution in [0.15, 0.2) is 0 Å². The lowest BCUT2D eigenvalue weighted by molar-refractivity contribution is 0.258. The van der Waals surface area contributed by atoms with Gasteiger partial charge >= 0.3 is 0 Å². The zero-order valence-electron chi connectivity index (χ0n) is 9.59. The van der Waals surface area contributed by atoms with E-state index >= 15 is 0 Å². The molecule has 0 spiro atoms. The number of hydrogen-bond acceptors (Lipinski definition) is 2. The SMILES string of the molecule is CC(C)CSCC1(CS)CCCCC1. The number of thioether (sulfide) groups is 1. The van der Waals surface area contributed by atoms with Crippen molar-refractivity contribution in [3.63, 3.8) is 0 Å². The molecule has 0 aromatic carbocycles. The number of hydrogen-bond donors (Lipinski definition) is 1. The summed E-state index contributed by atoms with van der Waals surface area (Å²) in [7, 11) is 0. The van der Waals surface area contributed by atoms with Gasteiger partial charge in [0.2, 0.25) is 0 Å². The lowest BCUT2D eigenvalue weighted by Gasteiger charge is -2.36. The molecule has 0 bridgehead atoms. The van der Waals surface area contributed by atoms with Crippen LogP contribution >= 0.6 is 24.4 Å². The predicted octanol–water partition coefficient (Wildman–Crippen LogP) is 4.26. The Hall–Kier alpha value is 0.700. The monoisotopic (exact) mass is 232 g/mol. The predicted molar refractivity (Wildman–Crippen MR) is 71.5 cm³/mol. The van der Waals surface area contributed by atoms with Gasteiger partial charge in [-0.2, -0.15) is 24.4 Å². The second-order valence-electron chi connectivity index (χ2n) is 5.13. The van der Waals surface area contributed by atoms with Crippen LogP contribution in [-0.2, 0) is 0 Å². The lowest BCUT2D eigenvalue weighted by atomic mass is 9.77. The maximum Gasteiger partial charge on any atom is -0.000290 e. The van der Waals surface area contributed by atoms with Gasteiger partial charge in [-0.05, 0) is 41.4 Å². The van der Waals surface area contributed by atoms with Crippen LogP contribution in [0.25, 0.3) is 0 Å². The van der Waals surface area contributed by atoms with E-state index < -0.39 is 0 Å². The molecule has 1 rings (SSSR count). The van der Waals surface area contributed by atoms with Gasteiger partial charge in [0.05, 0.1) is 0 Å². The minimum atomic E-state index is 0.584. The zero-order valence-corrected chi connectivity index (χ0v) is 11.3. The van der Waals surface area contributed by atoms with Crippen molar-refractivity contribution in [2.45, 2.75) is 46.0 Å². The third-order valence-corrected chi connectivity index (χ3v) is 5.50. The first kappa shape index (κ1) is 12.8. The fraction of sp³-hybridized carbons (Fsp3) is 1.00. The molecule has 2 heteroatoms. The van der Waals surface area contributed by atoms with E-state index in [1.165, 1.54) is 43.6 Å². The van der Waals surface area contributed by atoms with Gasteiger partial charge in [0.15, 0.2) is 0 Å². The molecule has 1 aliphatic rings. The average molecular weight is 232 g/mol. The van der Waals surface area contributed by atoms with E-state index in [-0.39, 0.29) is 0 Å². The van der Waals surface area contributed by atoms with Crippen molar-refractivity contribution in [1.29, 1.82) is 0 Å². The minimum absolute atomic E-state index is 0.584. The highest BCUT2D eigenvalue weighted by atomic mass is 32.2. The maximum absolute atomic E-state index is 4.56. The normalized spacial score (nSPS) is 21.4. The first-order valence-corrected chi connectivity index (χ1v) is 7.66. The smallest absolute Gasteiger partial charge is 0.000290 e. The van der Waals surface area contributed by atoms with Crippen LogP contribution in [0.2, 0.25) is 0 Å². The zero-order chi connectivity index (χ0) is 10.4. The maximum atomic E-state index is 4.56. The molecule has 0 aliphatic heterocycles. The van der Waals surface area contributed by atoms with E-state index in [2.05, 4.69) is 38.2 Å². The third-order valence-electron chi connectivity index (χ3n) is 3.11. The van der Waals surface area contributed by atoms with Gasteiger partial charge in [-0.1, -0.05) is 33.1 Å². The van der Waals surface area contributed by atoms with Crippen LogP contribution < -0.4 is 0 Å². The molecule has 0 nitrogen and oxygen atoms in total. The Bertz CT molecular complexity index is 148. The van der Waals surface area contributed by atoms with Crippen molar-refractivity contribution in [3.05, 3.63) is 0 Å². The van der Waals surface area contributed by atoms with Crippen LogP contribution in [0, 0.1) is 11.3 Å². The van der Waals surface area contributed by atoms with Crippen molar-refractivity contribution in [1.82, 2.24) is 0 Å². The standard InChI is InChI=1S/C12H24S2/c1-11(2)8-14-10-12(9-13)6-4-3-5-7-12/h11,13H,3-10H2,1-2H3.